The number of hydrogen-bond donors (Lipinski definition) is 1. The molecule has 146 valence electrons. The molecule has 1 saturated carbocycles. The summed E-state index contributed by atoms with van der Waals surface area (Å²) in [4.78, 5) is 29.9. The Morgan fingerprint density at radius 2 is 1.93 bits per heavy atom. The first-order valence-electron chi connectivity index (χ1n) is 9.82. The fourth-order valence-electron chi connectivity index (χ4n) is 4.06. The Morgan fingerprint density at radius 1 is 1.14 bits per heavy atom. The van der Waals surface area contributed by atoms with Gasteiger partial charge in [0.2, 0.25) is 0 Å². The van der Waals surface area contributed by atoms with Crippen molar-refractivity contribution in [1.82, 2.24) is 20.1 Å². The maximum Gasteiger partial charge on any atom is 0.274 e. The van der Waals surface area contributed by atoms with Gasteiger partial charge in [-0.05, 0) is 37.1 Å². The summed E-state index contributed by atoms with van der Waals surface area (Å²) in [5.74, 6) is -0.162. The van der Waals surface area contributed by atoms with E-state index in [1.165, 1.54) is 11.3 Å². The normalized spacial score (nSPS) is 14.6. The van der Waals surface area contributed by atoms with E-state index >= 15 is 0 Å². The highest BCUT2D eigenvalue weighted by molar-refractivity contribution is 7.16. The Kier molecular flexibility index (Phi) is 4.60. The zero-order chi connectivity index (χ0) is 19.8. The van der Waals surface area contributed by atoms with Crippen LogP contribution in [0.25, 0.3) is 21.0 Å². The SMILES string of the molecule is O=C(NCc1nn(C2CCCC2)c(=O)c2ccccc12)c1ccc2ncsc2c1. The minimum atomic E-state index is -0.162. The predicted octanol–water partition coefficient (Wildman–Crippen LogP) is 4.05. The van der Waals surface area contributed by atoms with Gasteiger partial charge in [0, 0.05) is 10.9 Å². The molecule has 0 spiro atoms. The second-order valence-electron chi connectivity index (χ2n) is 7.40. The quantitative estimate of drug-likeness (QED) is 0.557. The van der Waals surface area contributed by atoms with Crippen molar-refractivity contribution in [3.05, 3.63) is 69.6 Å². The van der Waals surface area contributed by atoms with E-state index in [0.717, 1.165) is 47.0 Å². The number of hydrogen-bond acceptors (Lipinski definition) is 5. The fraction of sp³-hybridized carbons (Fsp3) is 0.273. The maximum atomic E-state index is 12.9. The van der Waals surface area contributed by atoms with Gasteiger partial charge < -0.3 is 5.32 Å². The van der Waals surface area contributed by atoms with Crippen molar-refractivity contribution in [2.75, 3.05) is 0 Å². The van der Waals surface area contributed by atoms with E-state index in [2.05, 4.69) is 15.4 Å². The molecule has 6 nitrogen and oxygen atoms in total. The van der Waals surface area contributed by atoms with Gasteiger partial charge in [-0.3, -0.25) is 9.59 Å². The summed E-state index contributed by atoms with van der Waals surface area (Å²) in [6.45, 7) is 0.271. The Balaban J connectivity index is 1.46. The van der Waals surface area contributed by atoms with Crippen LogP contribution in [-0.2, 0) is 6.54 Å². The lowest BCUT2D eigenvalue weighted by molar-refractivity contribution is 0.0950. The first kappa shape index (κ1) is 18.0. The summed E-state index contributed by atoms with van der Waals surface area (Å²) in [5.41, 5.74) is 3.94. The molecule has 29 heavy (non-hydrogen) atoms. The van der Waals surface area contributed by atoms with E-state index in [4.69, 9.17) is 0 Å². The minimum Gasteiger partial charge on any atom is -0.346 e. The van der Waals surface area contributed by atoms with Crippen LogP contribution in [-0.4, -0.2) is 20.7 Å². The molecule has 1 aliphatic rings. The first-order valence-corrected chi connectivity index (χ1v) is 10.7. The number of aromatic nitrogens is 3. The van der Waals surface area contributed by atoms with Crippen molar-refractivity contribution >= 4 is 38.2 Å². The van der Waals surface area contributed by atoms with Gasteiger partial charge in [0.1, 0.15) is 0 Å². The lowest BCUT2D eigenvalue weighted by Crippen LogP contribution is -2.30. The van der Waals surface area contributed by atoms with Gasteiger partial charge in [0.05, 0.1) is 39.4 Å². The third-order valence-corrected chi connectivity index (χ3v) is 6.38. The summed E-state index contributed by atoms with van der Waals surface area (Å²) in [6, 6.07) is 13.1. The maximum absolute atomic E-state index is 12.9. The number of nitrogens with one attached hydrogen (secondary N) is 1. The van der Waals surface area contributed by atoms with Crippen LogP contribution in [0.2, 0.25) is 0 Å². The third-order valence-electron chi connectivity index (χ3n) is 5.59. The van der Waals surface area contributed by atoms with Crippen LogP contribution in [0.15, 0.2) is 52.8 Å². The number of benzene rings is 2. The number of amides is 1. The Morgan fingerprint density at radius 3 is 2.76 bits per heavy atom. The molecule has 0 aliphatic heterocycles. The Hall–Kier alpha value is -3.06. The number of fused-ring (bicyclic) bond motifs is 2. The van der Waals surface area contributed by atoms with Crippen molar-refractivity contribution in [3.63, 3.8) is 0 Å². The molecular formula is C22H20N4O2S. The molecule has 0 saturated heterocycles. The van der Waals surface area contributed by atoms with E-state index in [9.17, 15) is 9.59 Å². The van der Waals surface area contributed by atoms with Gasteiger partial charge in [-0.25, -0.2) is 9.67 Å². The Labute approximate surface area is 171 Å². The fourth-order valence-corrected chi connectivity index (χ4v) is 4.78. The summed E-state index contributed by atoms with van der Waals surface area (Å²) >= 11 is 1.51. The smallest absolute Gasteiger partial charge is 0.274 e. The molecule has 0 unspecified atom stereocenters. The second kappa shape index (κ2) is 7.40. The van der Waals surface area contributed by atoms with Gasteiger partial charge in [-0.1, -0.05) is 31.0 Å². The molecule has 0 atom stereocenters. The average Bonchev–Trinajstić information content (AvgIpc) is 3.44. The molecule has 1 N–H and O–H groups in total. The minimum absolute atomic E-state index is 0.0433. The highest BCUT2D eigenvalue weighted by Crippen LogP contribution is 2.28. The van der Waals surface area contributed by atoms with Gasteiger partial charge >= 0.3 is 0 Å². The summed E-state index contributed by atoms with van der Waals surface area (Å²) in [6.07, 6.45) is 4.20. The van der Waals surface area contributed by atoms with Crippen LogP contribution < -0.4 is 10.9 Å². The van der Waals surface area contributed by atoms with Crippen LogP contribution in [0, 0.1) is 0 Å². The highest BCUT2D eigenvalue weighted by Gasteiger charge is 2.21. The molecule has 4 aromatic rings. The molecule has 1 amide bonds. The number of rotatable bonds is 4. The van der Waals surface area contributed by atoms with Crippen molar-refractivity contribution in [2.45, 2.75) is 38.3 Å². The van der Waals surface area contributed by atoms with E-state index < -0.39 is 0 Å². The van der Waals surface area contributed by atoms with E-state index in [0.29, 0.717) is 10.9 Å². The molecule has 2 aromatic carbocycles. The summed E-state index contributed by atoms with van der Waals surface area (Å²) < 4.78 is 2.62. The molecule has 1 fully saturated rings. The van der Waals surface area contributed by atoms with Crippen molar-refractivity contribution in [3.8, 4) is 0 Å². The summed E-state index contributed by atoms with van der Waals surface area (Å²) in [7, 11) is 0. The Bertz CT molecular complexity index is 1270. The lowest BCUT2D eigenvalue weighted by Gasteiger charge is -2.16. The van der Waals surface area contributed by atoms with E-state index in [1.54, 1.807) is 16.3 Å². The monoisotopic (exact) mass is 404 g/mol. The van der Waals surface area contributed by atoms with Crippen LogP contribution in [0.3, 0.4) is 0 Å². The number of carbonyl (C=O) groups excluding carboxylic acids is 1. The van der Waals surface area contributed by atoms with Gasteiger partial charge in [0.15, 0.2) is 0 Å². The van der Waals surface area contributed by atoms with Gasteiger partial charge in [0.25, 0.3) is 11.5 Å². The van der Waals surface area contributed by atoms with E-state index in [-0.39, 0.29) is 24.1 Å². The molecule has 1 aliphatic carbocycles. The zero-order valence-corrected chi connectivity index (χ0v) is 16.6. The summed E-state index contributed by atoms with van der Waals surface area (Å²) in [5, 5.41) is 9.09. The van der Waals surface area contributed by atoms with E-state index in [1.807, 2.05) is 36.4 Å². The third kappa shape index (κ3) is 3.31. The second-order valence-corrected chi connectivity index (χ2v) is 8.28. The van der Waals surface area contributed by atoms with Gasteiger partial charge in [-0.2, -0.15) is 5.10 Å². The molecule has 5 rings (SSSR count). The van der Waals surface area contributed by atoms with Crippen LogP contribution in [0.1, 0.15) is 47.8 Å². The number of nitrogens with zero attached hydrogens (tertiary/aromatic N) is 3. The first-order chi connectivity index (χ1) is 14.2. The molecule has 2 heterocycles. The number of carbonyl (C=O) groups is 1. The molecule has 7 heteroatoms. The van der Waals surface area contributed by atoms with Crippen molar-refractivity contribution in [1.29, 1.82) is 0 Å². The number of thiazole rings is 1. The van der Waals surface area contributed by atoms with Crippen LogP contribution >= 0.6 is 11.3 Å². The topological polar surface area (TPSA) is 76.9 Å². The largest absolute Gasteiger partial charge is 0.346 e. The highest BCUT2D eigenvalue weighted by atomic mass is 32.1. The zero-order valence-electron chi connectivity index (χ0n) is 15.8. The predicted molar refractivity (Wildman–Crippen MR) is 114 cm³/mol. The van der Waals surface area contributed by atoms with Crippen molar-refractivity contribution < 1.29 is 4.79 Å². The van der Waals surface area contributed by atoms with Crippen molar-refractivity contribution in [2.24, 2.45) is 0 Å². The van der Waals surface area contributed by atoms with Gasteiger partial charge in [-0.15, -0.1) is 11.3 Å². The molecule has 0 bridgehead atoms. The molecule has 0 radical (unpaired) electrons. The van der Waals surface area contributed by atoms with Crippen LogP contribution in [0.5, 0.6) is 0 Å². The molecular weight excluding hydrogens is 384 g/mol. The average molecular weight is 404 g/mol. The lowest BCUT2D eigenvalue weighted by atomic mass is 10.1. The van der Waals surface area contributed by atoms with Crippen LogP contribution in [0.4, 0.5) is 0 Å². The molecule has 2 aromatic heterocycles. The standard InChI is InChI=1S/C22H20N4O2S/c27-21(14-9-10-18-20(11-14)29-13-24-18)23-12-19-16-7-3-4-8-17(16)22(28)26(25-19)15-5-1-2-6-15/h3-4,7-11,13,15H,1-2,5-6,12H2,(H,23,27).